The zero-order chi connectivity index (χ0) is 17.3. The quantitative estimate of drug-likeness (QED) is 0.674. The van der Waals surface area contributed by atoms with Crippen LogP contribution in [0.3, 0.4) is 0 Å². The fraction of sp³-hybridized carbons (Fsp3) is 0.111. The molecule has 0 aliphatic carbocycles. The number of aromatic nitrogens is 2. The number of hydrogen-bond donors (Lipinski definition) is 3. The molecule has 0 atom stereocenters. The third-order valence-corrected chi connectivity index (χ3v) is 4.11. The lowest BCUT2D eigenvalue weighted by atomic mass is 10.0. The van der Waals surface area contributed by atoms with Crippen molar-refractivity contribution in [2.75, 3.05) is 12.4 Å². The van der Waals surface area contributed by atoms with Crippen molar-refractivity contribution in [1.29, 1.82) is 0 Å². The molecule has 0 unspecified atom stereocenters. The van der Waals surface area contributed by atoms with E-state index in [1.165, 1.54) is 0 Å². The van der Waals surface area contributed by atoms with Crippen LogP contribution < -0.4 is 11.1 Å². The highest BCUT2D eigenvalue weighted by atomic mass is 35.5. The number of nitrogens with one attached hydrogen (secondary N) is 2. The van der Waals surface area contributed by atoms with Gasteiger partial charge in [-0.15, -0.1) is 0 Å². The van der Waals surface area contributed by atoms with E-state index in [2.05, 4.69) is 15.3 Å². The molecule has 6 heteroatoms. The van der Waals surface area contributed by atoms with Gasteiger partial charge in [-0.1, -0.05) is 17.7 Å². The van der Waals surface area contributed by atoms with Crippen molar-refractivity contribution >= 4 is 23.3 Å². The average molecular weight is 341 g/mol. The van der Waals surface area contributed by atoms with Crippen LogP contribution in [0, 0.1) is 6.92 Å². The molecule has 0 radical (unpaired) electrons. The second-order valence-corrected chi connectivity index (χ2v) is 5.91. The van der Waals surface area contributed by atoms with Crippen molar-refractivity contribution < 1.29 is 4.79 Å². The molecule has 0 aliphatic rings. The minimum atomic E-state index is -0.491. The number of benzene rings is 1. The molecule has 0 saturated carbocycles. The summed E-state index contributed by atoms with van der Waals surface area (Å²) in [6.45, 7) is 1.96. The van der Waals surface area contributed by atoms with Crippen LogP contribution in [0.4, 0.5) is 5.82 Å². The van der Waals surface area contributed by atoms with E-state index in [0.29, 0.717) is 16.3 Å². The zero-order valence-corrected chi connectivity index (χ0v) is 14.1. The average Bonchev–Trinajstić information content (AvgIpc) is 3.02. The van der Waals surface area contributed by atoms with E-state index < -0.39 is 5.91 Å². The Balaban J connectivity index is 2.18. The Morgan fingerprint density at radius 3 is 2.75 bits per heavy atom. The van der Waals surface area contributed by atoms with Crippen LogP contribution in [-0.2, 0) is 0 Å². The van der Waals surface area contributed by atoms with E-state index in [-0.39, 0.29) is 0 Å². The highest BCUT2D eigenvalue weighted by molar-refractivity contribution is 6.31. The second kappa shape index (κ2) is 6.37. The normalized spacial score (nSPS) is 10.6. The SMILES string of the molecule is CNc1cc(-c2cc(C(N)=O)c(-c3cc(Cl)ccc3C)[nH]2)ccn1. The van der Waals surface area contributed by atoms with Crippen LogP contribution in [0.2, 0.25) is 5.02 Å². The van der Waals surface area contributed by atoms with Gasteiger partial charge in [0.05, 0.1) is 11.3 Å². The molecule has 122 valence electrons. The van der Waals surface area contributed by atoms with Crippen molar-refractivity contribution in [3.8, 4) is 22.5 Å². The molecule has 0 saturated heterocycles. The number of primary amides is 1. The molecule has 3 aromatic rings. The Bertz CT molecular complexity index is 917. The van der Waals surface area contributed by atoms with Gasteiger partial charge in [0, 0.05) is 35.1 Å². The maximum atomic E-state index is 11.9. The Kier molecular flexibility index (Phi) is 4.27. The van der Waals surface area contributed by atoms with Crippen molar-refractivity contribution in [3.05, 3.63) is 58.7 Å². The van der Waals surface area contributed by atoms with Crippen LogP contribution in [0.15, 0.2) is 42.6 Å². The van der Waals surface area contributed by atoms with E-state index in [1.54, 1.807) is 19.3 Å². The van der Waals surface area contributed by atoms with Crippen LogP contribution in [0.25, 0.3) is 22.5 Å². The van der Waals surface area contributed by atoms with E-state index in [9.17, 15) is 4.79 Å². The monoisotopic (exact) mass is 340 g/mol. The number of anilines is 1. The van der Waals surface area contributed by atoms with E-state index in [1.807, 2.05) is 37.3 Å². The summed E-state index contributed by atoms with van der Waals surface area (Å²) in [5, 5.41) is 3.60. The number of hydrogen-bond acceptors (Lipinski definition) is 3. The Labute approximate surface area is 144 Å². The van der Waals surface area contributed by atoms with Crippen LogP contribution >= 0.6 is 11.6 Å². The van der Waals surface area contributed by atoms with E-state index >= 15 is 0 Å². The smallest absolute Gasteiger partial charge is 0.250 e. The number of nitrogens with two attached hydrogens (primary N) is 1. The number of carbonyl (C=O) groups excluding carboxylic acids is 1. The van der Waals surface area contributed by atoms with Crippen molar-refractivity contribution in [3.63, 3.8) is 0 Å². The van der Waals surface area contributed by atoms with Gasteiger partial charge in [0.25, 0.3) is 5.91 Å². The van der Waals surface area contributed by atoms with Gasteiger partial charge in [0.1, 0.15) is 5.82 Å². The first-order valence-corrected chi connectivity index (χ1v) is 7.81. The fourth-order valence-electron chi connectivity index (χ4n) is 2.62. The number of amides is 1. The Hall–Kier alpha value is -2.79. The molecule has 5 nitrogen and oxygen atoms in total. The van der Waals surface area contributed by atoms with Gasteiger partial charge in [-0.2, -0.15) is 0 Å². The summed E-state index contributed by atoms with van der Waals surface area (Å²) < 4.78 is 0. The molecule has 1 amide bonds. The summed E-state index contributed by atoms with van der Waals surface area (Å²) in [4.78, 5) is 19.4. The highest BCUT2D eigenvalue weighted by Gasteiger charge is 2.17. The summed E-state index contributed by atoms with van der Waals surface area (Å²) >= 11 is 6.12. The molecule has 0 aliphatic heterocycles. The topological polar surface area (TPSA) is 83.8 Å². The summed E-state index contributed by atoms with van der Waals surface area (Å²) in [6.07, 6.45) is 1.70. The van der Waals surface area contributed by atoms with E-state index in [0.717, 1.165) is 28.2 Å². The number of H-pyrrole nitrogens is 1. The van der Waals surface area contributed by atoms with Crippen molar-refractivity contribution in [1.82, 2.24) is 9.97 Å². The molecule has 0 fully saturated rings. The third-order valence-electron chi connectivity index (χ3n) is 3.88. The lowest BCUT2D eigenvalue weighted by Crippen LogP contribution is -2.11. The lowest BCUT2D eigenvalue weighted by Gasteiger charge is -2.07. The first kappa shape index (κ1) is 16.1. The van der Waals surface area contributed by atoms with Crippen molar-refractivity contribution in [2.45, 2.75) is 6.92 Å². The maximum absolute atomic E-state index is 11.9. The predicted octanol–water partition coefficient (Wildman–Crippen LogP) is 3.85. The van der Waals surface area contributed by atoms with Crippen LogP contribution in [0.5, 0.6) is 0 Å². The van der Waals surface area contributed by atoms with Gasteiger partial charge in [0.15, 0.2) is 0 Å². The number of carbonyl (C=O) groups is 1. The van der Waals surface area contributed by atoms with Crippen LogP contribution in [-0.4, -0.2) is 22.9 Å². The highest BCUT2D eigenvalue weighted by Crippen LogP contribution is 2.32. The number of nitrogens with zero attached hydrogens (tertiary/aromatic N) is 1. The molecule has 3 rings (SSSR count). The largest absolute Gasteiger partial charge is 0.373 e. The molecule has 2 heterocycles. The number of halogens is 1. The third kappa shape index (κ3) is 2.98. The second-order valence-electron chi connectivity index (χ2n) is 5.47. The zero-order valence-electron chi connectivity index (χ0n) is 13.4. The summed E-state index contributed by atoms with van der Waals surface area (Å²) in [5.74, 6) is 0.248. The summed E-state index contributed by atoms with van der Waals surface area (Å²) in [5.41, 5.74) is 10.2. The molecule has 0 spiro atoms. The van der Waals surface area contributed by atoms with Crippen LogP contribution in [0.1, 0.15) is 15.9 Å². The standard InChI is InChI=1S/C18H17ClN4O/c1-10-3-4-12(19)8-13(10)17-14(18(20)24)9-15(23-17)11-5-6-22-16(7-11)21-2/h3-9,23H,1-2H3,(H2,20,24)(H,21,22). The molecule has 1 aromatic carbocycles. The van der Waals surface area contributed by atoms with Gasteiger partial charge < -0.3 is 16.0 Å². The van der Waals surface area contributed by atoms with Gasteiger partial charge >= 0.3 is 0 Å². The van der Waals surface area contributed by atoms with Gasteiger partial charge in [-0.25, -0.2) is 4.98 Å². The number of rotatable bonds is 4. The number of pyridine rings is 1. The molecule has 4 N–H and O–H groups in total. The van der Waals surface area contributed by atoms with Gasteiger partial charge in [-0.05, 0) is 42.8 Å². The summed E-state index contributed by atoms with van der Waals surface area (Å²) in [7, 11) is 1.80. The lowest BCUT2D eigenvalue weighted by molar-refractivity contribution is 0.100. The number of aromatic amines is 1. The molecular formula is C18H17ClN4O. The first-order valence-electron chi connectivity index (χ1n) is 7.43. The van der Waals surface area contributed by atoms with Crippen molar-refractivity contribution in [2.24, 2.45) is 5.73 Å². The van der Waals surface area contributed by atoms with Gasteiger partial charge in [0.2, 0.25) is 0 Å². The molecule has 0 bridgehead atoms. The number of aryl methyl sites for hydroxylation is 1. The molecule has 2 aromatic heterocycles. The maximum Gasteiger partial charge on any atom is 0.250 e. The Morgan fingerprint density at radius 1 is 1.25 bits per heavy atom. The summed E-state index contributed by atoms with van der Waals surface area (Å²) in [6, 6.07) is 11.1. The van der Waals surface area contributed by atoms with E-state index in [4.69, 9.17) is 17.3 Å². The Morgan fingerprint density at radius 2 is 2.04 bits per heavy atom. The predicted molar refractivity (Wildman–Crippen MR) is 97.3 cm³/mol. The molecule has 24 heavy (non-hydrogen) atoms. The molecular weight excluding hydrogens is 324 g/mol. The first-order chi connectivity index (χ1) is 11.5. The minimum Gasteiger partial charge on any atom is -0.373 e. The fourth-order valence-corrected chi connectivity index (χ4v) is 2.79. The minimum absolute atomic E-state index is 0.429. The van der Waals surface area contributed by atoms with Gasteiger partial charge in [-0.3, -0.25) is 4.79 Å².